The van der Waals surface area contributed by atoms with Crippen molar-refractivity contribution in [3.63, 3.8) is 0 Å². The van der Waals surface area contributed by atoms with Crippen molar-refractivity contribution in [2.45, 2.75) is 25.1 Å². The molecular weight excluding hydrogens is 375 g/mol. The minimum absolute atomic E-state index is 0. The lowest BCUT2D eigenvalue weighted by Crippen LogP contribution is -2.50. The Hall–Kier alpha value is -0.440. The molecule has 0 amide bonds. The first kappa shape index (κ1) is 16.6. The third-order valence-corrected chi connectivity index (χ3v) is 4.15. The van der Waals surface area contributed by atoms with Crippen LogP contribution in [0.15, 0.2) is 21.8 Å². The highest BCUT2D eigenvalue weighted by Crippen LogP contribution is 2.29. The van der Waals surface area contributed by atoms with E-state index in [0.717, 1.165) is 30.5 Å². The number of rotatable bonds is 2. The van der Waals surface area contributed by atoms with Crippen LogP contribution in [-0.2, 0) is 6.54 Å². The molecule has 0 unspecified atom stereocenters. The number of aliphatic imine (C=N–C) groups is 1. The summed E-state index contributed by atoms with van der Waals surface area (Å²) >= 11 is 2.02. The maximum atomic E-state index is 4.81. The zero-order chi connectivity index (χ0) is 13.0. The first-order valence-corrected chi connectivity index (χ1v) is 7.08. The number of nitrogens with one attached hydrogen (secondary N) is 1. The predicted molar refractivity (Wildman–Crippen MR) is 90.2 cm³/mol. The molecule has 108 valence electrons. The van der Waals surface area contributed by atoms with E-state index in [4.69, 9.17) is 4.52 Å². The monoisotopic (exact) mass is 396 g/mol. The molecule has 1 aliphatic rings. The Morgan fingerprint density at radius 3 is 3.00 bits per heavy atom. The molecule has 0 atom stereocenters. The number of hydrogen-bond donors (Lipinski definition) is 1. The Bertz CT molecular complexity index is 408. The molecule has 1 aliphatic heterocycles. The second-order valence-corrected chi connectivity index (χ2v) is 6.72. The van der Waals surface area contributed by atoms with Crippen LogP contribution >= 0.6 is 35.7 Å². The first-order valence-electron chi connectivity index (χ1n) is 6.09. The van der Waals surface area contributed by atoms with Gasteiger partial charge in [-0.1, -0.05) is 5.16 Å². The van der Waals surface area contributed by atoms with Crippen LogP contribution in [0.4, 0.5) is 0 Å². The summed E-state index contributed by atoms with van der Waals surface area (Å²) in [6.45, 7) is 7.24. The van der Waals surface area contributed by atoms with Crippen LogP contribution in [0.5, 0.6) is 0 Å². The van der Waals surface area contributed by atoms with Crippen molar-refractivity contribution in [2.24, 2.45) is 4.99 Å². The molecule has 1 aromatic rings. The van der Waals surface area contributed by atoms with Crippen molar-refractivity contribution >= 4 is 41.7 Å². The lowest BCUT2D eigenvalue weighted by Gasteiger charge is -2.39. The second kappa shape index (κ2) is 7.37. The Kier molecular flexibility index (Phi) is 6.45. The van der Waals surface area contributed by atoms with Crippen LogP contribution < -0.4 is 5.32 Å². The number of aromatic nitrogens is 1. The Morgan fingerprint density at radius 2 is 2.42 bits per heavy atom. The van der Waals surface area contributed by atoms with Gasteiger partial charge in [0.05, 0.1) is 6.54 Å². The molecule has 2 rings (SSSR count). The Morgan fingerprint density at radius 1 is 1.63 bits per heavy atom. The maximum absolute atomic E-state index is 4.81. The summed E-state index contributed by atoms with van der Waals surface area (Å²) in [4.78, 5) is 6.64. The molecule has 1 aromatic heterocycles. The summed E-state index contributed by atoms with van der Waals surface area (Å²) in [6.07, 6.45) is 1.58. The van der Waals surface area contributed by atoms with Crippen LogP contribution in [0.1, 0.15) is 19.5 Å². The highest BCUT2D eigenvalue weighted by Gasteiger charge is 2.28. The molecule has 2 heterocycles. The van der Waals surface area contributed by atoms with Gasteiger partial charge in [0.25, 0.3) is 0 Å². The first-order chi connectivity index (χ1) is 8.61. The Balaban J connectivity index is 0.00000180. The van der Waals surface area contributed by atoms with Gasteiger partial charge in [-0.05, 0) is 13.8 Å². The SMILES string of the molecule is CN=C(NCc1ccon1)N1CCSC(C)(C)C1.I. The van der Waals surface area contributed by atoms with E-state index in [0.29, 0.717) is 6.54 Å². The van der Waals surface area contributed by atoms with Gasteiger partial charge in [0.15, 0.2) is 5.96 Å². The summed E-state index contributed by atoms with van der Waals surface area (Å²) in [6, 6.07) is 1.86. The lowest BCUT2D eigenvalue weighted by atomic mass is 10.2. The molecule has 1 N–H and O–H groups in total. The van der Waals surface area contributed by atoms with Crippen LogP contribution in [0.2, 0.25) is 0 Å². The van der Waals surface area contributed by atoms with Crippen molar-refractivity contribution in [1.29, 1.82) is 0 Å². The zero-order valence-corrected chi connectivity index (χ0v) is 14.7. The fraction of sp³-hybridized carbons (Fsp3) is 0.667. The van der Waals surface area contributed by atoms with Gasteiger partial charge in [0, 0.05) is 36.7 Å². The molecule has 0 spiro atoms. The third kappa shape index (κ3) is 4.87. The average Bonchev–Trinajstić information content (AvgIpc) is 2.81. The summed E-state index contributed by atoms with van der Waals surface area (Å²) in [5, 5.41) is 7.20. The molecule has 7 heteroatoms. The quantitative estimate of drug-likeness (QED) is 0.472. The summed E-state index contributed by atoms with van der Waals surface area (Å²) in [7, 11) is 1.82. The largest absolute Gasteiger partial charge is 0.364 e. The fourth-order valence-electron chi connectivity index (χ4n) is 2.03. The van der Waals surface area contributed by atoms with Crippen LogP contribution in [-0.4, -0.2) is 46.7 Å². The summed E-state index contributed by atoms with van der Waals surface area (Å²) < 4.78 is 5.09. The van der Waals surface area contributed by atoms with Crippen molar-refractivity contribution in [3.8, 4) is 0 Å². The van der Waals surface area contributed by atoms with E-state index in [-0.39, 0.29) is 28.7 Å². The van der Waals surface area contributed by atoms with Crippen LogP contribution in [0.3, 0.4) is 0 Å². The summed E-state index contributed by atoms with van der Waals surface area (Å²) in [5.41, 5.74) is 0.891. The topological polar surface area (TPSA) is 53.7 Å². The van der Waals surface area contributed by atoms with E-state index in [9.17, 15) is 0 Å². The molecule has 0 aliphatic carbocycles. The highest BCUT2D eigenvalue weighted by atomic mass is 127. The smallest absolute Gasteiger partial charge is 0.194 e. The van der Waals surface area contributed by atoms with Gasteiger partial charge in [-0.15, -0.1) is 24.0 Å². The second-order valence-electron chi connectivity index (χ2n) is 4.92. The molecule has 1 saturated heterocycles. The van der Waals surface area contributed by atoms with E-state index in [1.54, 1.807) is 6.26 Å². The van der Waals surface area contributed by atoms with Gasteiger partial charge in [0.1, 0.15) is 12.0 Å². The van der Waals surface area contributed by atoms with E-state index in [1.165, 1.54) is 0 Å². The minimum atomic E-state index is 0. The average molecular weight is 396 g/mol. The van der Waals surface area contributed by atoms with Gasteiger partial charge < -0.3 is 14.7 Å². The lowest BCUT2D eigenvalue weighted by molar-refractivity contribution is 0.373. The number of nitrogens with zero attached hydrogens (tertiary/aromatic N) is 3. The molecule has 19 heavy (non-hydrogen) atoms. The van der Waals surface area contributed by atoms with Crippen molar-refractivity contribution < 1.29 is 4.52 Å². The molecular formula is C12H21IN4OS. The van der Waals surface area contributed by atoms with Gasteiger partial charge >= 0.3 is 0 Å². The molecule has 5 nitrogen and oxygen atoms in total. The highest BCUT2D eigenvalue weighted by molar-refractivity contribution is 14.0. The molecule has 0 bridgehead atoms. The van der Waals surface area contributed by atoms with Gasteiger partial charge in [0.2, 0.25) is 0 Å². The Labute approximate surface area is 135 Å². The molecule has 0 aromatic carbocycles. The van der Waals surface area contributed by atoms with E-state index < -0.39 is 0 Å². The number of hydrogen-bond acceptors (Lipinski definition) is 4. The van der Waals surface area contributed by atoms with Gasteiger partial charge in [-0.2, -0.15) is 11.8 Å². The molecule has 0 saturated carbocycles. The number of guanidine groups is 1. The number of halogens is 1. The van der Waals surface area contributed by atoms with Crippen molar-refractivity contribution in [2.75, 3.05) is 25.9 Å². The van der Waals surface area contributed by atoms with Gasteiger partial charge in [-0.25, -0.2) is 0 Å². The third-order valence-electron chi connectivity index (χ3n) is 2.86. The predicted octanol–water partition coefficient (Wildman–Crippen LogP) is 2.20. The van der Waals surface area contributed by atoms with Crippen LogP contribution in [0, 0.1) is 0 Å². The molecule has 0 radical (unpaired) electrons. The van der Waals surface area contributed by atoms with E-state index in [2.05, 4.69) is 34.2 Å². The van der Waals surface area contributed by atoms with Gasteiger partial charge in [-0.3, -0.25) is 4.99 Å². The summed E-state index contributed by atoms with van der Waals surface area (Å²) in [5.74, 6) is 2.07. The van der Waals surface area contributed by atoms with Crippen molar-refractivity contribution in [1.82, 2.24) is 15.4 Å². The molecule has 1 fully saturated rings. The fourth-order valence-corrected chi connectivity index (χ4v) is 3.14. The zero-order valence-electron chi connectivity index (χ0n) is 11.5. The normalized spacial score (nSPS) is 18.9. The number of thioether (sulfide) groups is 1. The van der Waals surface area contributed by atoms with Crippen LogP contribution in [0.25, 0.3) is 0 Å². The maximum Gasteiger partial charge on any atom is 0.194 e. The van der Waals surface area contributed by atoms with E-state index in [1.807, 2.05) is 24.9 Å². The minimum Gasteiger partial charge on any atom is -0.364 e. The van der Waals surface area contributed by atoms with Crippen molar-refractivity contribution in [3.05, 3.63) is 18.0 Å². The standard InChI is InChI=1S/C12H20N4OS.HI/c1-12(2)9-16(5-7-18-12)11(13-3)14-8-10-4-6-17-15-10;/h4,6H,5,7-9H2,1-3H3,(H,13,14);1H. The van der Waals surface area contributed by atoms with E-state index >= 15 is 0 Å².